The number of anilines is 1. The molecule has 0 spiro atoms. The molecular weight excluding hydrogens is 294 g/mol. The van der Waals surface area contributed by atoms with E-state index in [4.69, 9.17) is 4.74 Å². The molecule has 2 amide bonds. The van der Waals surface area contributed by atoms with Gasteiger partial charge in [0.15, 0.2) is 6.61 Å². The molecule has 1 fully saturated rings. The highest BCUT2D eigenvalue weighted by Gasteiger charge is 2.27. The van der Waals surface area contributed by atoms with Gasteiger partial charge < -0.3 is 19.9 Å². The van der Waals surface area contributed by atoms with E-state index in [9.17, 15) is 9.59 Å². The number of hydrogen-bond donors (Lipinski definition) is 1. The van der Waals surface area contributed by atoms with Crippen LogP contribution in [0.3, 0.4) is 0 Å². The van der Waals surface area contributed by atoms with Gasteiger partial charge in [0, 0.05) is 32.1 Å². The van der Waals surface area contributed by atoms with Crippen molar-refractivity contribution >= 4 is 17.5 Å². The number of nitrogens with zero attached hydrogens (tertiary/aromatic N) is 2. The third kappa shape index (κ3) is 3.47. The lowest BCUT2D eigenvalue weighted by atomic mass is 10.1. The molecule has 0 aromatic heterocycles. The van der Waals surface area contributed by atoms with Crippen LogP contribution in [-0.4, -0.2) is 56.0 Å². The molecule has 0 bridgehead atoms. The minimum absolute atomic E-state index is 0.0384. The van der Waals surface area contributed by atoms with Crippen molar-refractivity contribution in [1.82, 2.24) is 10.2 Å². The maximum absolute atomic E-state index is 12.4. The molecule has 6 nitrogen and oxygen atoms in total. The summed E-state index contributed by atoms with van der Waals surface area (Å²) in [5.41, 5.74) is 0.753. The number of hydrogen-bond acceptors (Lipinski definition) is 4. The molecule has 1 atom stereocenters. The third-order valence-electron chi connectivity index (χ3n) is 4.54. The van der Waals surface area contributed by atoms with Crippen molar-refractivity contribution in [2.45, 2.75) is 25.3 Å². The number of piperidine rings is 1. The van der Waals surface area contributed by atoms with Crippen LogP contribution < -0.4 is 15.0 Å². The second-order valence-corrected chi connectivity index (χ2v) is 6.02. The molecule has 124 valence electrons. The highest BCUT2D eigenvalue weighted by molar-refractivity contribution is 5.98. The molecule has 0 radical (unpaired) electrons. The molecule has 3 rings (SSSR count). The lowest BCUT2D eigenvalue weighted by Gasteiger charge is -2.34. The number of fused-ring (bicyclic) bond motifs is 1. The van der Waals surface area contributed by atoms with Crippen LogP contribution in [0, 0.1) is 0 Å². The maximum atomic E-state index is 12.4. The number of carbonyl (C=O) groups excluding carboxylic acids is 2. The summed E-state index contributed by atoms with van der Waals surface area (Å²) in [6.45, 7) is 2.00. The molecule has 0 aliphatic carbocycles. The Labute approximate surface area is 136 Å². The van der Waals surface area contributed by atoms with E-state index < -0.39 is 0 Å². The first-order chi connectivity index (χ1) is 11.2. The van der Waals surface area contributed by atoms with Gasteiger partial charge in [-0.2, -0.15) is 0 Å². The Morgan fingerprint density at radius 1 is 1.39 bits per heavy atom. The highest BCUT2D eigenvalue weighted by atomic mass is 16.5. The van der Waals surface area contributed by atoms with E-state index in [0.29, 0.717) is 24.8 Å². The molecule has 1 saturated heterocycles. The standard InChI is InChI=1S/C17H23N3O3/c1-18-13-5-4-9-19(11-13)16(21)8-10-20-14-6-2-3-7-15(14)23-12-17(20)22/h2-3,6-7,13,18H,4-5,8-12H2,1H3. The van der Waals surface area contributed by atoms with Gasteiger partial charge in [0.25, 0.3) is 5.91 Å². The topological polar surface area (TPSA) is 61.9 Å². The number of carbonyl (C=O) groups is 2. The molecular formula is C17H23N3O3. The summed E-state index contributed by atoms with van der Waals surface area (Å²) in [7, 11) is 1.93. The molecule has 1 unspecified atom stereocenters. The Hall–Kier alpha value is -2.08. The Bertz CT molecular complexity index is 590. The first-order valence-electron chi connectivity index (χ1n) is 8.16. The summed E-state index contributed by atoms with van der Waals surface area (Å²) in [5, 5.41) is 3.24. The van der Waals surface area contributed by atoms with Gasteiger partial charge in [0.05, 0.1) is 5.69 Å². The summed E-state index contributed by atoms with van der Waals surface area (Å²) >= 11 is 0. The Balaban J connectivity index is 1.61. The smallest absolute Gasteiger partial charge is 0.265 e. The molecule has 2 aliphatic rings. The molecule has 23 heavy (non-hydrogen) atoms. The monoisotopic (exact) mass is 317 g/mol. The van der Waals surface area contributed by atoms with Crippen LogP contribution in [0.1, 0.15) is 19.3 Å². The van der Waals surface area contributed by atoms with Crippen molar-refractivity contribution in [2.24, 2.45) is 0 Å². The van der Waals surface area contributed by atoms with Gasteiger partial charge in [-0.15, -0.1) is 0 Å². The molecule has 6 heteroatoms. The molecule has 2 heterocycles. The van der Waals surface area contributed by atoms with Crippen molar-refractivity contribution in [3.8, 4) is 5.75 Å². The van der Waals surface area contributed by atoms with Crippen LogP contribution >= 0.6 is 0 Å². The number of nitrogens with one attached hydrogen (secondary N) is 1. The number of rotatable bonds is 4. The number of benzene rings is 1. The van der Waals surface area contributed by atoms with Crippen LogP contribution in [-0.2, 0) is 9.59 Å². The van der Waals surface area contributed by atoms with Crippen molar-refractivity contribution in [2.75, 3.05) is 38.2 Å². The molecule has 0 saturated carbocycles. The number of ether oxygens (including phenoxy) is 1. The summed E-state index contributed by atoms with van der Waals surface area (Å²) in [4.78, 5) is 28.1. The SMILES string of the molecule is CNC1CCCN(C(=O)CCN2C(=O)COc3ccccc32)C1. The number of likely N-dealkylation sites (tertiary alicyclic amines) is 1. The largest absolute Gasteiger partial charge is 0.482 e. The van der Waals surface area contributed by atoms with Gasteiger partial charge in [-0.3, -0.25) is 9.59 Å². The second kappa shape index (κ2) is 7.00. The molecule has 1 N–H and O–H groups in total. The predicted molar refractivity (Wildman–Crippen MR) is 87.6 cm³/mol. The van der Waals surface area contributed by atoms with Gasteiger partial charge in [-0.1, -0.05) is 12.1 Å². The first-order valence-corrected chi connectivity index (χ1v) is 8.16. The summed E-state index contributed by atoms with van der Waals surface area (Å²) in [6, 6.07) is 7.83. The highest BCUT2D eigenvalue weighted by Crippen LogP contribution is 2.31. The van der Waals surface area contributed by atoms with E-state index in [1.807, 2.05) is 36.2 Å². The molecule has 2 aliphatic heterocycles. The fourth-order valence-electron chi connectivity index (χ4n) is 3.20. The molecule has 1 aromatic carbocycles. The van der Waals surface area contributed by atoms with Crippen molar-refractivity contribution < 1.29 is 14.3 Å². The Morgan fingerprint density at radius 3 is 3.04 bits per heavy atom. The van der Waals surface area contributed by atoms with Gasteiger partial charge in [-0.25, -0.2) is 0 Å². The van der Waals surface area contributed by atoms with Gasteiger partial charge >= 0.3 is 0 Å². The normalized spacial score (nSPS) is 20.9. The number of amides is 2. The van der Waals surface area contributed by atoms with Gasteiger partial charge in [0.2, 0.25) is 5.91 Å². The average Bonchev–Trinajstić information content (AvgIpc) is 2.60. The fourth-order valence-corrected chi connectivity index (χ4v) is 3.20. The zero-order chi connectivity index (χ0) is 16.2. The van der Waals surface area contributed by atoms with Crippen LogP contribution in [0.5, 0.6) is 5.75 Å². The minimum atomic E-state index is -0.0942. The third-order valence-corrected chi connectivity index (χ3v) is 4.54. The maximum Gasteiger partial charge on any atom is 0.265 e. The minimum Gasteiger partial charge on any atom is -0.482 e. The van der Waals surface area contributed by atoms with E-state index in [2.05, 4.69) is 5.32 Å². The van der Waals surface area contributed by atoms with Crippen molar-refractivity contribution in [3.05, 3.63) is 24.3 Å². The summed E-state index contributed by atoms with van der Waals surface area (Å²) < 4.78 is 5.42. The van der Waals surface area contributed by atoms with Crippen LogP contribution in [0.2, 0.25) is 0 Å². The van der Waals surface area contributed by atoms with Gasteiger partial charge in [-0.05, 0) is 32.0 Å². The average molecular weight is 317 g/mol. The van der Waals surface area contributed by atoms with E-state index in [-0.39, 0.29) is 18.4 Å². The number of likely N-dealkylation sites (N-methyl/N-ethyl adjacent to an activating group) is 1. The lowest BCUT2D eigenvalue weighted by molar-refractivity contribution is -0.132. The van der Waals surface area contributed by atoms with Crippen LogP contribution in [0.15, 0.2) is 24.3 Å². The zero-order valence-electron chi connectivity index (χ0n) is 13.5. The predicted octanol–water partition coefficient (Wildman–Crippen LogP) is 1.01. The first kappa shape index (κ1) is 15.8. The fraction of sp³-hybridized carbons (Fsp3) is 0.529. The lowest BCUT2D eigenvalue weighted by Crippen LogP contribution is -2.48. The van der Waals surface area contributed by atoms with Crippen molar-refractivity contribution in [1.29, 1.82) is 0 Å². The zero-order valence-corrected chi connectivity index (χ0v) is 13.5. The van der Waals surface area contributed by atoms with E-state index >= 15 is 0 Å². The van der Waals surface area contributed by atoms with Crippen LogP contribution in [0.4, 0.5) is 5.69 Å². The molecule has 1 aromatic rings. The quantitative estimate of drug-likeness (QED) is 0.900. The number of para-hydroxylation sites is 2. The Kier molecular flexibility index (Phi) is 4.81. The van der Waals surface area contributed by atoms with Gasteiger partial charge in [0.1, 0.15) is 5.75 Å². The second-order valence-electron chi connectivity index (χ2n) is 6.02. The summed E-state index contributed by atoms with van der Waals surface area (Å²) in [6.07, 6.45) is 2.47. The van der Waals surface area contributed by atoms with Crippen LogP contribution in [0.25, 0.3) is 0 Å². The Morgan fingerprint density at radius 2 is 2.22 bits per heavy atom. The van der Waals surface area contributed by atoms with Crippen molar-refractivity contribution in [3.63, 3.8) is 0 Å². The van der Waals surface area contributed by atoms with E-state index in [1.165, 1.54) is 0 Å². The van der Waals surface area contributed by atoms with E-state index in [1.54, 1.807) is 4.90 Å². The summed E-state index contributed by atoms with van der Waals surface area (Å²) in [5.74, 6) is 0.720. The van der Waals surface area contributed by atoms with E-state index in [0.717, 1.165) is 31.6 Å².